The van der Waals surface area contributed by atoms with Gasteiger partial charge in [-0.2, -0.15) is 0 Å². The molecule has 0 radical (unpaired) electrons. The van der Waals surface area contributed by atoms with Gasteiger partial charge in [-0.3, -0.25) is 9.78 Å². The molecule has 0 unspecified atom stereocenters. The van der Waals surface area contributed by atoms with E-state index in [1.807, 2.05) is 13.0 Å². The summed E-state index contributed by atoms with van der Waals surface area (Å²) in [6, 6.07) is 8.68. The number of aryl methyl sites for hydroxylation is 1. The van der Waals surface area contributed by atoms with Gasteiger partial charge in [0.1, 0.15) is 0 Å². The van der Waals surface area contributed by atoms with E-state index in [4.69, 9.17) is 11.6 Å². The molecule has 0 aliphatic heterocycles. The number of benzene rings is 1. The van der Waals surface area contributed by atoms with Crippen molar-refractivity contribution in [2.45, 2.75) is 6.92 Å². The minimum Gasteiger partial charge on any atom is -0.321 e. The molecule has 2 aromatic rings. The second-order valence-corrected chi connectivity index (χ2v) is 5.09. The highest BCUT2D eigenvalue weighted by Crippen LogP contribution is 2.26. The van der Waals surface area contributed by atoms with E-state index in [0.29, 0.717) is 16.3 Å². The first-order chi connectivity index (χ1) is 8.56. The molecule has 1 aromatic heterocycles. The van der Waals surface area contributed by atoms with Gasteiger partial charge in [0.15, 0.2) is 0 Å². The van der Waals surface area contributed by atoms with E-state index in [2.05, 4.69) is 26.2 Å². The number of rotatable bonds is 2. The van der Waals surface area contributed by atoms with Crippen LogP contribution in [-0.4, -0.2) is 10.9 Å². The Balaban J connectivity index is 2.24. The first-order valence-electron chi connectivity index (χ1n) is 5.25. The maximum Gasteiger partial charge on any atom is 0.255 e. The largest absolute Gasteiger partial charge is 0.321 e. The van der Waals surface area contributed by atoms with Crippen molar-refractivity contribution < 1.29 is 4.79 Å². The molecule has 0 saturated carbocycles. The number of hydrogen-bond donors (Lipinski definition) is 1. The Morgan fingerprint density at radius 3 is 2.83 bits per heavy atom. The molecule has 5 heteroatoms. The van der Waals surface area contributed by atoms with Gasteiger partial charge in [0.25, 0.3) is 5.91 Å². The van der Waals surface area contributed by atoms with E-state index in [0.717, 1.165) is 10.2 Å². The molecule has 2 rings (SSSR count). The fraction of sp³-hybridized carbons (Fsp3) is 0.0769. The lowest BCUT2D eigenvalue weighted by Gasteiger charge is -2.08. The molecule has 0 aliphatic rings. The molecule has 1 N–H and O–H groups in total. The van der Waals surface area contributed by atoms with Crippen LogP contribution >= 0.6 is 27.5 Å². The first kappa shape index (κ1) is 13.1. The number of halogens is 2. The summed E-state index contributed by atoms with van der Waals surface area (Å²) in [5.41, 5.74) is 1.92. The average molecular weight is 326 g/mol. The van der Waals surface area contributed by atoms with E-state index in [1.165, 1.54) is 0 Å². The van der Waals surface area contributed by atoms with Gasteiger partial charge in [-0.25, -0.2) is 0 Å². The summed E-state index contributed by atoms with van der Waals surface area (Å²) in [6.45, 7) is 1.84. The summed E-state index contributed by atoms with van der Waals surface area (Å²) in [5, 5.41) is 3.26. The minimum absolute atomic E-state index is 0.208. The quantitative estimate of drug-likeness (QED) is 0.905. The predicted octanol–water partition coefficient (Wildman–Crippen LogP) is 4.06. The zero-order valence-corrected chi connectivity index (χ0v) is 11.9. The highest BCUT2D eigenvalue weighted by Gasteiger charge is 2.09. The van der Waals surface area contributed by atoms with Crippen molar-refractivity contribution in [1.29, 1.82) is 0 Å². The van der Waals surface area contributed by atoms with Gasteiger partial charge in [-0.05, 0) is 37.3 Å². The van der Waals surface area contributed by atoms with Crippen molar-refractivity contribution in [3.05, 3.63) is 57.3 Å². The van der Waals surface area contributed by atoms with Crippen LogP contribution in [0, 0.1) is 6.92 Å². The van der Waals surface area contributed by atoms with Gasteiger partial charge >= 0.3 is 0 Å². The molecule has 1 aromatic carbocycles. The van der Waals surface area contributed by atoms with Crippen molar-refractivity contribution in [2.75, 3.05) is 5.32 Å². The fourth-order valence-corrected chi connectivity index (χ4v) is 2.00. The van der Waals surface area contributed by atoms with Gasteiger partial charge in [-0.15, -0.1) is 0 Å². The van der Waals surface area contributed by atoms with Crippen LogP contribution in [0.15, 0.2) is 41.0 Å². The Bertz CT molecular complexity index is 601. The number of aromatic nitrogens is 1. The summed E-state index contributed by atoms with van der Waals surface area (Å²) >= 11 is 9.35. The smallest absolute Gasteiger partial charge is 0.255 e. The van der Waals surface area contributed by atoms with Gasteiger partial charge in [0.2, 0.25) is 0 Å². The van der Waals surface area contributed by atoms with Crippen molar-refractivity contribution in [3.8, 4) is 0 Å². The zero-order valence-electron chi connectivity index (χ0n) is 9.58. The van der Waals surface area contributed by atoms with Crippen LogP contribution in [0.1, 0.15) is 16.1 Å². The molecule has 0 aliphatic carbocycles. The minimum atomic E-state index is -0.208. The van der Waals surface area contributed by atoms with Crippen LogP contribution in [0.2, 0.25) is 5.02 Å². The standard InChI is InChI=1S/C13H10BrClN2O/c1-8-6-9(4-5-16-8)13(18)17-12-7-10(14)2-3-11(12)15/h2-7H,1H3,(H,17,18). The number of carbonyl (C=O) groups is 1. The third-order valence-electron chi connectivity index (χ3n) is 2.34. The molecule has 0 fully saturated rings. The third kappa shape index (κ3) is 3.09. The summed E-state index contributed by atoms with van der Waals surface area (Å²) in [6.07, 6.45) is 1.60. The Labute approximate surface area is 118 Å². The summed E-state index contributed by atoms with van der Waals surface area (Å²) in [5.74, 6) is -0.208. The van der Waals surface area contributed by atoms with Crippen molar-refractivity contribution in [1.82, 2.24) is 4.98 Å². The summed E-state index contributed by atoms with van der Waals surface area (Å²) < 4.78 is 0.855. The van der Waals surface area contributed by atoms with E-state index in [1.54, 1.807) is 30.5 Å². The van der Waals surface area contributed by atoms with Crippen LogP contribution in [-0.2, 0) is 0 Å². The van der Waals surface area contributed by atoms with Gasteiger partial charge < -0.3 is 5.32 Å². The van der Waals surface area contributed by atoms with Crippen LogP contribution in [0.25, 0.3) is 0 Å². The lowest BCUT2D eigenvalue weighted by molar-refractivity contribution is 0.102. The molecule has 1 amide bonds. The third-order valence-corrected chi connectivity index (χ3v) is 3.16. The normalized spacial score (nSPS) is 10.2. The van der Waals surface area contributed by atoms with Gasteiger partial charge in [0, 0.05) is 21.9 Å². The van der Waals surface area contributed by atoms with E-state index in [-0.39, 0.29) is 5.91 Å². The maximum absolute atomic E-state index is 12.0. The summed E-state index contributed by atoms with van der Waals surface area (Å²) in [7, 11) is 0. The molecule has 0 saturated heterocycles. The predicted molar refractivity (Wildman–Crippen MR) is 76.1 cm³/mol. The van der Waals surface area contributed by atoms with Crippen molar-refractivity contribution >= 4 is 39.1 Å². The van der Waals surface area contributed by atoms with Crippen molar-refractivity contribution in [2.24, 2.45) is 0 Å². The number of amides is 1. The molecule has 1 heterocycles. The Hall–Kier alpha value is -1.39. The van der Waals surface area contributed by atoms with Crippen molar-refractivity contribution in [3.63, 3.8) is 0 Å². The molecule has 0 atom stereocenters. The number of hydrogen-bond acceptors (Lipinski definition) is 2. The van der Waals surface area contributed by atoms with E-state index >= 15 is 0 Å². The fourth-order valence-electron chi connectivity index (χ4n) is 1.47. The molecular weight excluding hydrogens is 316 g/mol. The van der Waals surface area contributed by atoms with Crippen LogP contribution < -0.4 is 5.32 Å². The molecule has 3 nitrogen and oxygen atoms in total. The molecule has 0 spiro atoms. The second-order valence-electron chi connectivity index (χ2n) is 3.76. The molecule has 0 bridgehead atoms. The molecule has 92 valence electrons. The first-order valence-corrected chi connectivity index (χ1v) is 6.42. The number of nitrogens with zero attached hydrogens (tertiary/aromatic N) is 1. The average Bonchev–Trinajstić information content (AvgIpc) is 2.34. The van der Waals surface area contributed by atoms with E-state index < -0.39 is 0 Å². The van der Waals surface area contributed by atoms with E-state index in [9.17, 15) is 4.79 Å². The maximum atomic E-state index is 12.0. The number of carbonyl (C=O) groups excluding carboxylic acids is 1. The lowest BCUT2D eigenvalue weighted by atomic mass is 10.2. The second kappa shape index (κ2) is 5.50. The monoisotopic (exact) mass is 324 g/mol. The number of pyridine rings is 1. The summed E-state index contributed by atoms with van der Waals surface area (Å²) in [4.78, 5) is 16.1. The Morgan fingerprint density at radius 2 is 2.11 bits per heavy atom. The van der Waals surface area contributed by atoms with Gasteiger partial charge in [0.05, 0.1) is 10.7 Å². The van der Waals surface area contributed by atoms with Crippen LogP contribution in [0.4, 0.5) is 5.69 Å². The number of anilines is 1. The van der Waals surface area contributed by atoms with Crippen LogP contribution in [0.3, 0.4) is 0 Å². The molecular formula is C13H10BrClN2O. The zero-order chi connectivity index (χ0) is 13.1. The SMILES string of the molecule is Cc1cc(C(=O)Nc2cc(Br)ccc2Cl)ccn1. The molecule has 18 heavy (non-hydrogen) atoms. The Kier molecular flexibility index (Phi) is 3.99. The lowest BCUT2D eigenvalue weighted by Crippen LogP contribution is -2.12. The number of nitrogens with one attached hydrogen (secondary N) is 1. The highest BCUT2D eigenvalue weighted by molar-refractivity contribution is 9.10. The van der Waals surface area contributed by atoms with Gasteiger partial charge in [-0.1, -0.05) is 27.5 Å². The van der Waals surface area contributed by atoms with Crippen LogP contribution in [0.5, 0.6) is 0 Å². The highest BCUT2D eigenvalue weighted by atomic mass is 79.9. The topological polar surface area (TPSA) is 42.0 Å². The Morgan fingerprint density at radius 1 is 1.33 bits per heavy atom.